The monoisotopic (exact) mass is 235 g/mol. The highest BCUT2D eigenvalue weighted by atomic mass is 32.1. The summed E-state index contributed by atoms with van der Waals surface area (Å²) < 4.78 is 0. The zero-order chi connectivity index (χ0) is 11.4. The molecule has 1 amide bonds. The number of amides is 1. The highest BCUT2D eigenvalue weighted by molar-refractivity contribution is 7.07. The molecule has 3 heteroatoms. The number of carbonyl (C=O) groups is 1. The van der Waals surface area contributed by atoms with Crippen molar-refractivity contribution in [2.24, 2.45) is 5.92 Å². The van der Waals surface area contributed by atoms with Gasteiger partial charge >= 0.3 is 0 Å². The highest BCUT2D eigenvalue weighted by Crippen LogP contribution is 2.21. The molecule has 86 valence electrons. The van der Waals surface area contributed by atoms with Gasteiger partial charge in [-0.15, -0.1) is 0 Å². The van der Waals surface area contributed by atoms with Crippen LogP contribution in [0.15, 0.2) is 29.0 Å². The Balaban J connectivity index is 1.91. The molecule has 1 aliphatic rings. The third kappa shape index (κ3) is 2.73. The van der Waals surface area contributed by atoms with E-state index in [1.165, 1.54) is 5.56 Å². The highest BCUT2D eigenvalue weighted by Gasteiger charge is 2.21. The van der Waals surface area contributed by atoms with Gasteiger partial charge < -0.3 is 4.90 Å². The summed E-state index contributed by atoms with van der Waals surface area (Å²) in [7, 11) is 1.90. The Morgan fingerprint density at radius 2 is 2.44 bits per heavy atom. The van der Waals surface area contributed by atoms with E-state index in [0.29, 0.717) is 0 Å². The summed E-state index contributed by atoms with van der Waals surface area (Å²) in [6.07, 6.45) is 7.26. The Kier molecular flexibility index (Phi) is 3.78. The second kappa shape index (κ2) is 5.30. The van der Waals surface area contributed by atoms with Gasteiger partial charge in [0.1, 0.15) is 0 Å². The molecule has 16 heavy (non-hydrogen) atoms. The van der Waals surface area contributed by atoms with Crippen LogP contribution in [0.1, 0.15) is 24.8 Å². The van der Waals surface area contributed by atoms with Crippen LogP contribution < -0.4 is 0 Å². The first-order chi connectivity index (χ1) is 7.77. The molecule has 0 saturated carbocycles. The Hall–Kier alpha value is -1.09. The van der Waals surface area contributed by atoms with Crippen LogP contribution in [-0.4, -0.2) is 17.9 Å². The fourth-order valence-electron chi connectivity index (χ4n) is 2.06. The number of hydrogen-bond acceptors (Lipinski definition) is 2. The standard InChI is InChI=1S/C13H17NOS/c1-14(9-11-7-8-16-10-11)13(15)12-5-3-2-4-6-12/h2-3,7-8,10,12H,4-6,9H2,1H3. The molecular weight excluding hydrogens is 218 g/mol. The van der Waals surface area contributed by atoms with Crippen molar-refractivity contribution in [1.82, 2.24) is 4.90 Å². The van der Waals surface area contributed by atoms with E-state index in [9.17, 15) is 4.79 Å². The maximum Gasteiger partial charge on any atom is 0.226 e. The minimum Gasteiger partial charge on any atom is -0.341 e. The molecule has 1 aromatic heterocycles. The molecule has 0 aliphatic heterocycles. The number of nitrogens with zero attached hydrogens (tertiary/aromatic N) is 1. The van der Waals surface area contributed by atoms with Crippen molar-refractivity contribution in [2.45, 2.75) is 25.8 Å². The molecule has 2 nitrogen and oxygen atoms in total. The van der Waals surface area contributed by atoms with Crippen LogP contribution in [0.4, 0.5) is 0 Å². The summed E-state index contributed by atoms with van der Waals surface area (Å²) in [4.78, 5) is 14.0. The van der Waals surface area contributed by atoms with Gasteiger partial charge in [0.05, 0.1) is 0 Å². The average Bonchev–Trinajstić information content (AvgIpc) is 2.82. The Bertz CT molecular complexity index is 369. The number of allylic oxidation sites excluding steroid dienone is 2. The normalized spacial score (nSPS) is 19.7. The van der Waals surface area contributed by atoms with E-state index < -0.39 is 0 Å². The van der Waals surface area contributed by atoms with Crippen LogP contribution in [0.5, 0.6) is 0 Å². The summed E-state index contributed by atoms with van der Waals surface area (Å²) in [5.41, 5.74) is 1.23. The van der Waals surface area contributed by atoms with Crippen LogP contribution in [0, 0.1) is 5.92 Å². The van der Waals surface area contributed by atoms with Gasteiger partial charge in [-0.1, -0.05) is 12.2 Å². The first-order valence-electron chi connectivity index (χ1n) is 5.68. The number of thiophene rings is 1. The number of carbonyl (C=O) groups excluding carboxylic acids is 1. The van der Waals surface area contributed by atoms with Crippen molar-refractivity contribution in [1.29, 1.82) is 0 Å². The van der Waals surface area contributed by atoms with E-state index in [0.717, 1.165) is 25.8 Å². The predicted octanol–water partition coefficient (Wildman–Crippen LogP) is 3.06. The van der Waals surface area contributed by atoms with Crippen molar-refractivity contribution >= 4 is 17.2 Å². The first kappa shape index (κ1) is 11.4. The average molecular weight is 235 g/mol. The lowest BCUT2D eigenvalue weighted by atomic mass is 9.93. The molecule has 1 heterocycles. The van der Waals surface area contributed by atoms with Gasteiger partial charge in [-0.2, -0.15) is 11.3 Å². The zero-order valence-corrected chi connectivity index (χ0v) is 10.4. The Labute approximate surface area is 101 Å². The fraction of sp³-hybridized carbons (Fsp3) is 0.462. The molecule has 1 aromatic rings. The summed E-state index contributed by atoms with van der Waals surface area (Å²) in [5.74, 6) is 0.490. The topological polar surface area (TPSA) is 20.3 Å². The number of hydrogen-bond donors (Lipinski definition) is 0. The van der Waals surface area contributed by atoms with E-state index in [1.54, 1.807) is 11.3 Å². The maximum atomic E-state index is 12.1. The molecule has 0 aromatic carbocycles. The van der Waals surface area contributed by atoms with Crippen LogP contribution in [0.25, 0.3) is 0 Å². The maximum absolute atomic E-state index is 12.1. The van der Waals surface area contributed by atoms with Crippen molar-refractivity contribution in [3.8, 4) is 0 Å². The Morgan fingerprint density at radius 1 is 1.56 bits per heavy atom. The molecular formula is C13H17NOS. The fourth-order valence-corrected chi connectivity index (χ4v) is 2.72. The van der Waals surface area contributed by atoms with E-state index in [2.05, 4.69) is 29.0 Å². The molecule has 1 unspecified atom stereocenters. The van der Waals surface area contributed by atoms with Gasteiger partial charge in [0, 0.05) is 19.5 Å². The van der Waals surface area contributed by atoms with Crippen LogP contribution >= 0.6 is 11.3 Å². The van der Waals surface area contributed by atoms with Gasteiger partial charge in [-0.25, -0.2) is 0 Å². The smallest absolute Gasteiger partial charge is 0.226 e. The number of rotatable bonds is 3. The molecule has 0 bridgehead atoms. The first-order valence-corrected chi connectivity index (χ1v) is 6.62. The molecule has 0 saturated heterocycles. The molecule has 0 spiro atoms. The van der Waals surface area contributed by atoms with E-state index in [-0.39, 0.29) is 11.8 Å². The molecule has 2 rings (SSSR count). The van der Waals surface area contributed by atoms with Crippen molar-refractivity contribution in [2.75, 3.05) is 7.05 Å². The van der Waals surface area contributed by atoms with Crippen LogP contribution in [-0.2, 0) is 11.3 Å². The molecule has 0 fully saturated rings. The largest absolute Gasteiger partial charge is 0.341 e. The third-order valence-electron chi connectivity index (χ3n) is 2.99. The van der Waals surface area contributed by atoms with Gasteiger partial charge in [0.15, 0.2) is 0 Å². The van der Waals surface area contributed by atoms with E-state index >= 15 is 0 Å². The second-order valence-corrected chi connectivity index (χ2v) is 5.09. The lowest BCUT2D eigenvalue weighted by molar-refractivity contribution is -0.135. The van der Waals surface area contributed by atoms with Crippen molar-refractivity contribution in [3.63, 3.8) is 0 Å². The van der Waals surface area contributed by atoms with E-state index in [1.807, 2.05) is 11.9 Å². The van der Waals surface area contributed by atoms with Gasteiger partial charge in [0.2, 0.25) is 5.91 Å². The second-order valence-electron chi connectivity index (χ2n) is 4.31. The summed E-state index contributed by atoms with van der Waals surface area (Å²) in [6.45, 7) is 0.739. The lowest BCUT2D eigenvalue weighted by Crippen LogP contribution is -2.32. The quantitative estimate of drug-likeness (QED) is 0.737. The molecule has 0 radical (unpaired) electrons. The molecule has 0 N–H and O–H groups in total. The van der Waals surface area contributed by atoms with Gasteiger partial charge in [-0.3, -0.25) is 4.79 Å². The van der Waals surface area contributed by atoms with E-state index in [4.69, 9.17) is 0 Å². The minimum absolute atomic E-state index is 0.202. The zero-order valence-electron chi connectivity index (χ0n) is 9.56. The van der Waals surface area contributed by atoms with Gasteiger partial charge in [0.25, 0.3) is 0 Å². The summed E-state index contributed by atoms with van der Waals surface area (Å²) in [5, 5.41) is 4.15. The third-order valence-corrected chi connectivity index (χ3v) is 3.73. The SMILES string of the molecule is CN(Cc1ccsc1)C(=O)C1CC=CCC1. The molecule has 1 aliphatic carbocycles. The molecule has 1 atom stereocenters. The van der Waals surface area contributed by atoms with Crippen LogP contribution in [0.2, 0.25) is 0 Å². The van der Waals surface area contributed by atoms with Crippen molar-refractivity contribution in [3.05, 3.63) is 34.5 Å². The van der Waals surface area contributed by atoms with Crippen LogP contribution in [0.3, 0.4) is 0 Å². The minimum atomic E-state index is 0.202. The Morgan fingerprint density at radius 3 is 3.06 bits per heavy atom. The van der Waals surface area contributed by atoms with Gasteiger partial charge in [-0.05, 0) is 41.7 Å². The predicted molar refractivity (Wildman–Crippen MR) is 67.3 cm³/mol. The summed E-state index contributed by atoms with van der Waals surface area (Å²) in [6, 6.07) is 2.08. The summed E-state index contributed by atoms with van der Waals surface area (Å²) >= 11 is 1.68. The lowest BCUT2D eigenvalue weighted by Gasteiger charge is -2.24. The van der Waals surface area contributed by atoms with Crippen molar-refractivity contribution < 1.29 is 4.79 Å².